The summed E-state index contributed by atoms with van der Waals surface area (Å²) >= 11 is 0. The SMILES string of the molecule is CC1CC(NCCC(N)=NO)CCN1C. The fraction of sp³-hybridized carbons (Fsp3) is 0.900. The molecule has 15 heavy (non-hydrogen) atoms. The number of rotatable bonds is 4. The van der Waals surface area contributed by atoms with E-state index in [2.05, 4.69) is 29.3 Å². The van der Waals surface area contributed by atoms with Gasteiger partial charge in [-0.1, -0.05) is 5.16 Å². The Bertz CT molecular complexity index is 219. The minimum absolute atomic E-state index is 0.295. The van der Waals surface area contributed by atoms with E-state index < -0.39 is 0 Å². The third-order valence-electron chi connectivity index (χ3n) is 3.15. The van der Waals surface area contributed by atoms with Crippen LogP contribution in [0.2, 0.25) is 0 Å². The Morgan fingerprint density at radius 1 is 1.67 bits per heavy atom. The van der Waals surface area contributed by atoms with Crippen molar-refractivity contribution in [3.63, 3.8) is 0 Å². The molecule has 88 valence electrons. The molecule has 0 bridgehead atoms. The van der Waals surface area contributed by atoms with Gasteiger partial charge in [-0.15, -0.1) is 0 Å². The van der Waals surface area contributed by atoms with Crippen LogP contribution >= 0.6 is 0 Å². The standard InChI is InChI=1S/C10H22N4O/c1-8-7-9(4-6-14(8)2)12-5-3-10(11)13-15/h8-9,12,15H,3-7H2,1-2H3,(H2,11,13). The molecule has 0 saturated carbocycles. The Labute approximate surface area is 91.3 Å². The van der Waals surface area contributed by atoms with Crippen LogP contribution in [0.15, 0.2) is 5.16 Å². The first kappa shape index (κ1) is 12.3. The first-order chi connectivity index (χ1) is 7.13. The molecule has 1 aliphatic heterocycles. The van der Waals surface area contributed by atoms with E-state index in [-0.39, 0.29) is 0 Å². The first-order valence-corrected chi connectivity index (χ1v) is 5.53. The molecule has 0 aromatic rings. The number of likely N-dealkylation sites (tertiary alicyclic amines) is 1. The largest absolute Gasteiger partial charge is 0.409 e. The lowest BCUT2D eigenvalue weighted by Crippen LogP contribution is -2.46. The van der Waals surface area contributed by atoms with Crippen molar-refractivity contribution in [2.45, 2.75) is 38.3 Å². The molecule has 5 heteroatoms. The molecule has 4 N–H and O–H groups in total. The van der Waals surface area contributed by atoms with Crippen molar-refractivity contribution in [3.8, 4) is 0 Å². The summed E-state index contributed by atoms with van der Waals surface area (Å²) in [5, 5.41) is 14.8. The minimum Gasteiger partial charge on any atom is -0.409 e. The zero-order valence-electron chi connectivity index (χ0n) is 9.61. The zero-order chi connectivity index (χ0) is 11.3. The van der Waals surface area contributed by atoms with Crippen molar-refractivity contribution in [2.24, 2.45) is 10.9 Å². The van der Waals surface area contributed by atoms with Crippen LogP contribution in [0, 0.1) is 0 Å². The highest BCUT2D eigenvalue weighted by Crippen LogP contribution is 2.14. The highest BCUT2D eigenvalue weighted by molar-refractivity contribution is 5.79. The smallest absolute Gasteiger partial charge is 0.140 e. The predicted molar refractivity (Wildman–Crippen MR) is 61.1 cm³/mol. The summed E-state index contributed by atoms with van der Waals surface area (Å²) in [5.41, 5.74) is 5.39. The van der Waals surface area contributed by atoms with Crippen molar-refractivity contribution in [3.05, 3.63) is 0 Å². The summed E-state index contributed by atoms with van der Waals surface area (Å²) in [6, 6.07) is 1.21. The molecule has 0 amide bonds. The normalized spacial score (nSPS) is 29.3. The minimum atomic E-state index is 0.295. The maximum absolute atomic E-state index is 8.38. The Morgan fingerprint density at radius 2 is 2.40 bits per heavy atom. The van der Waals surface area contributed by atoms with Crippen LogP contribution in [0.5, 0.6) is 0 Å². The summed E-state index contributed by atoms with van der Waals surface area (Å²) in [4.78, 5) is 2.38. The van der Waals surface area contributed by atoms with Crippen molar-refractivity contribution in [2.75, 3.05) is 20.1 Å². The van der Waals surface area contributed by atoms with Gasteiger partial charge < -0.3 is 21.2 Å². The molecule has 1 rings (SSSR count). The van der Waals surface area contributed by atoms with Gasteiger partial charge in [0.25, 0.3) is 0 Å². The Balaban J connectivity index is 2.17. The Morgan fingerprint density at radius 3 is 3.00 bits per heavy atom. The first-order valence-electron chi connectivity index (χ1n) is 5.53. The van der Waals surface area contributed by atoms with Crippen LogP contribution in [0.4, 0.5) is 0 Å². The lowest BCUT2D eigenvalue weighted by atomic mass is 9.99. The van der Waals surface area contributed by atoms with E-state index in [4.69, 9.17) is 10.9 Å². The number of hydrogen-bond donors (Lipinski definition) is 3. The molecule has 1 aliphatic rings. The third kappa shape index (κ3) is 4.05. The summed E-state index contributed by atoms with van der Waals surface area (Å²) < 4.78 is 0. The van der Waals surface area contributed by atoms with Gasteiger partial charge >= 0.3 is 0 Å². The average molecular weight is 214 g/mol. The second-order valence-electron chi connectivity index (χ2n) is 4.35. The number of amidine groups is 1. The second kappa shape index (κ2) is 5.92. The average Bonchev–Trinajstić information content (AvgIpc) is 2.23. The fourth-order valence-corrected chi connectivity index (χ4v) is 1.93. The van der Waals surface area contributed by atoms with E-state index in [0.717, 1.165) is 13.1 Å². The van der Waals surface area contributed by atoms with Gasteiger partial charge in [0.15, 0.2) is 0 Å². The molecule has 1 fully saturated rings. The van der Waals surface area contributed by atoms with Gasteiger partial charge in [0.05, 0.1) is 0 Å². The number of oxime groups is 1. The highest BCUT2D eigenvalue weighted by Gasteiger charge is 2.21. The molecule has 1 saturated heterocycles. The van der Waals surface area contributed by atoms with Gasteiger partial charge in [0.2, 0.25) is 0 Å². The van der Waals surface area contributed by atoms with Crippen LogP contribution in [-0.2, 0) is 0 Å². The molecule has 5 nitrogen and oxygen atoms in total. The summed E-state index contributed by atoms with van der Waals surface area (Å²) in [5.74, 6) is 0.295. The fourth-order valence-electron chi connectivity index (χ4n) is 1.93. The zero-order valence-corrected chi connectivity index (χ0v) is 9.61. The number of hydrogen-bond acceptors (Lipinski definition) is 4. The van der Waals surface area contributed by atoms with Crippen molar-refractivity contribution in [1.29, 1.82) is 0 Å². The van der Waals surface area contributed by atoms with Crippen molar-refractivity contribution in [1.82, 2.24) is 10.2 Å². The van der Waals surface area contributed by atoms with Gasteiger partial charge in [0.1, 0.15) is 5.84 Å². The van der Waals surface area contributed by atoms with Gasteiger partial charge in [-0.3, -0.25) is 0 Å². The Hall–Kier alpha value is -0.810. The topological polar surface area (TPSA) is 73.9 Å². The molecule has 1 heterocycles. The summed E-state index contributed by atoms with van der Waals surface area (Å²) in [6.07, 6.45) is 2.96. The van der Waals surface area contributed by atoms with E-state index in [0.29, 0.717) is 24.3 Å². The lowest BCUT2D eigenvalue weighted by molar-refractivity contribution is 0.169. The van der Waals surface area contributed by atoms with Crippen LogP contribution in [-0.4, -0.2) is 48.2 Å². The van der Waals surface area contributed by atoms with Crippen molar-refractivity contribution >= 4 is 5.84 Å². The molecule has 0 aromatic heterocycles. The van der Waals surface area contributed by atoms with Crippen molar-refractivity contribution < 1.29 is 5.21 Å². The van der Waals surface area contributed by atoms with E-state index >= 15 is 0 Å². The monoisotopic (exact) mass is 214 g/mol. The lowest BCUT2D eigenvalue weighted by Gasteiger charge is -2.35. The van der Waals surface area contributed by atoms with Crippen LogP contribution in [0.25, 0.3) is 0 Å². The number of nitrogens with two attached hydrogens (primary N) is 1. The van der Waals surface area contributed by atoms with Crippen LogP contribution < -0.4 is 11.1 Å². The van der Waals surface area contributed by atoms with Gasteiger partial charge in [-0.25, -0.2) is 0 Å². The highest BCUT2D eigenvalue weighted by atomic mass is 16.4. The molecule has 0 spiro atoms. The molecular formula is C10H22N4O. The second-order valence-corrected chi connectivity index (χ2v) is 4.35. The van der Waals surface area contributed by atoms with Gasteiger partial charge in [-0.2, -0.15) is 0 Å². The number of piperidine rings is 1. The van der Waals surface area contributed by atoms with E-state index in [1.807, 2.05) is 0 Å². The molecule has 0 aromatic carbocycles. The number of nitrogens with one attached hydrogen (secondary N) is 1. The van der Waals surface area contributed by atoms with Crippen LogP contribution in [0.1, 0.15) is 26.2 Å². The molecule has 0 radical (unpaired) electrons. The molecular weight excluding hydrogens is 192 g/mol. The van der Waals surface area contributed by atoms with E-state index in [1.165, 1.54) is 12.8 Å². The summed E-state index contributed by atoms with van der Waals surface area (Å²) in [7, 11) is 2.16. The quantitative estimate of drug-likeness (QED) is 0.270. The molecule has 0 aliphatic carbocycles. The van der Waals surface area contributed by atoms with Crippen LogP contribution in [0.3, 0.4) is 0 Å². The van der Waals surface area contributed by atoms with Gasteiger partial charge in [0, 0.05) is 25.0 Å². The predicted octanol–water partition coefficient (Wildman–Crippen LogP) is 0.195. The van der Waals surface area contributed by atoms with E-state index in [9.17, 15) is 0 Å². The molecule has 2 atom stereocenters. The van der Waals surface area contributed by atoms with Gasteiger partial charge in [-0.05, 0) is 33.4 Å². The molecule has 2 unspecified atom stereocenters. The summed E-state index contributed by atoms with van der Waals surface area (Å²) in [6.45, 7) is 4.18. The Kier molecular flexibility index (Phi) is 4.84. The maximum Gasteiger partial charge on any atom is 0.140 e. The van der Waals surface area contributed by atoms with E-state index in [1.54, 1.807) is 0 Å². The third-order valence-corrected chi connectivity index (χ3v) is 3.15. The number of nitrogens with zero attached hydrogens (tertiary/aromatic N) is 2. The maximum atomic E-state index is 8.38.